The van der Waals surface area contributed by atoms with E-state index in [0.29, 0.717) is 5.92 Å². The number of fused-ring (bicyclic) bond motifs is 3. The summed E-state index contributed by atoms with van der Waals surface area (Å²) in [5.41, 5.74) is 0.629. The maximum atomic E-state index is 10.9. The van der Waals surface area contributed by atoms with Gasteiger partial charge in [0.15, 0.2) is 12.6 Å². The highest BCUT2D eigenvalue weighted by Crippen LogP contribution is 2.64. The van der Waals surface area contributed by atoms with Crippen LogP contribution in [-0.2, 0) is 23.7 Å². The number of hydrogen-bond acceptors (Lipinski definition) is 10. The molecule has 42 heavy (non-hydrogen) atoms. The van der Waals surface area contributed by atoms with Crippen molar-refractivity contribution in [3.05, 3.63) is 24.3 Å². The molecule has 2 saturated heterocycles. The molecule has 2 saturated carbocycles. The first-order valence-electron chi connectivity index (χ1n) is 15.5. The third-order valence-electron chi connectivity index (χ3n) is 11.7. The Morgan fingerprint density at radius 3 is 2.21 bits per heavy atom. The minimum absolute atomic E-state index is 0.0557. The van der Waals surface area contributed by atoms with E-state index in [-0.39, 0.29) is 35.6 Å². The topological polar surface area (TPSA) is 147 Å². The van der Waals surface area contributed by atoms with Crippen LogP contribution in [0.4, 0.5) is 0 Å². The maximum Gasteiger partial charge on any atom is 0.186 e. The Labute approximate surface area is 249 Å². The van der Waals surface area contributed by atoms with Crippen LogP contribution >= 0.6 is 0 Å². The predicted molar refractivity (Wildman–Crippen MR) is 153 cm³/mol. The first-order chi connectivity index (χ1) is 19.7. The fourth-order valence-corrected chi connectivity index (χ4v) is 9.03. The summed E-state index contributed by atoms with van der Waals surface area (Å²) < 4.78 is 30.0. The van der Waals surface area contributed by atoms with E-state index in [4.69, 9.17) is 23.7 Å². The fourth-order valence-electron chi connectivity index (χ4n) is 9.03. The summed E-state index contributed by atoms with van der Waals surface area (Å²) in [5.74, 6) is 0.538. The smallest absolute Gasteiger partial charge is 0.186 e. The third-order valence-corrected chi connectivity index (χ3v) is 11.7. The first-order valence-corrected chi connectivity index (χ1v) is 15.5. The summed E-state index contributed by atoms with van der Waals surface area (Å²) >= 11 is 0. The quantitative estimate of drug-likeness (QED) is 0.277. The highest BCUT2D eigenvalue weighted by atomic mass is 16.7. The van der Waals surface area contributed by atoms with Crippen LogP contribution in [0, 0.1) is 28.1 Å². The lowest BCUT2D eigenvalue weighted by molar-refractivity contribution is -0.314. The molecule has 0 bridgehead atoms. The summed E-state index contributed by atoms with van der Waals surface area (Å²) in [6, 6.07) is 0. The molecule has 0 aromatic carbocycles. The lowest BCUT2D eigenvalue weighted by atomic mass is 9.44. The number of hydrogen-bond donors (Lipinski definition) is 5. The molecular weight excluding hydrogens is 544 g/mol. The molecule has 6 unspecified atom stereocenters. The van der Waals surface area contributed by atoms with E-state index < -0.39 is 60.7 Å². The van der Waals surface area contributed by atoms with E-state index in [0.717, 1.165) is 32.1 Å². The van der Waals surface area contributed by atoms with Gasteiger partial charge in [-0.2, -0.15) is 0 Å². The van der Waals surface area contributed by atoms with Crippen molar-refractivity contribution in [1.29, 1.82) is 0 Å². The molecule has 4 fully saturated rings. The molecule has 10 heteroatoms. The molecule has 0 spiro atoms. The lowest BCUT2D eigenvalue weighted by Crippen LogP contribution is -2.60. The predicted octanol–water partition coefficient (Wildman–Crippen LogP) is 2.05. The van der Waals surface area contributed by atoms with Gasteiger partial charge in [-0.1, -0.05) is 45.4 Å². The van der Waals surface area contributed by atoms with Gasteiger partial charge in [-0.25, -0.2) is 0 Å². The van der Waals surface area contributed by atoms with Crippen LogP contribution in [0.15, 0.2) is 24.3 Å². The molecule has 0 radical (unpaired) electrons. The van der Waals surface area contributed by atoms with Gasteiger partial charge in [-0.15, -0.1) is 6.58 Å². The third kappa shape index (κ3) is 5.23. The van der Waals surface area contributed by atoms with Crippen LogP contribution in [0.3, 0.4) is 0 Å². The molecule has 10 nitrogen and oxygen atoms in total. The van der Waals surface area contributed by atoms with E-state index in [2.05, 4.69) is 40.3 Å². The second-order valence-electron chi connectivity index (χ2n) is 14.4. The van der Waals surface area contributed by atoms with Crippen LogP contribution in [0.25, 0.3) is 0 Å². The van der Waals surface area contributed by atoms with Crippen molar-refractivity contribution in [2.75, 3.05) is 13.7 Å². The molecule has 0 aromatic rings. The number of methoxy groups -OCH3 is 1. The average Bonchev–Trinajstić information content (AvgIpc) is 3.22. The number of rotatable bonds is 7. The minimum atomic E-state index is -1.25. The Balaban J connectivity index is 1.36. The van der Waals surface area contributed by atoms with Crippen molar-refractivity contribution in [2.45, 2.75) is 134 Å². The molecule has 5 aliphatic rings. The van der Waals surface area contributed by atoms with Crippen molar-refractivity contribution in [1.82, 2.24) is 0 Å². The monoisotopic (exact) mass is 596 g/mol. The van der Waals surface area contributed by atoms with E-state index in [1.54, 1.807) is 6.92 Å². The van der Waals surface area contributed by atoms with Crippen LogP contribution < -0.4 is 0 Å². The highest BCUT2D eigenvalue weighted by molar-refractivity contribution is 5.29. The normalized spacial score (nSPS) is 52.3. The summed E-state index contributed by atoms with van der Waals surface area (Å²) in [6.45, 7) is 14.5. The molecule has 2 heterocycles. The fraction of sp³-hybridized carbons (Fsp3) is 0.875. The molecule has 0 amide bonds. The number of ether oxygens (including phenoxy) is 5. The molecule has 3 aliphatic carbocycles. The molecular formula is C32H52O10. The van der Waals surface area contributed by atoms with E-state index in [1.807, 2.05) is 6.08 Å². The van der Waals surface area contributed by atoms with Crippen molar-refractivity contribution < 1.29 is 49.2 Å². The van der Waals surface area contributed by atoms with Crippen molar-refractivity contribution in [2.24, 2.45) is 28.1 Å². The molecule has 240 valence electrons. The van der Waals surface area contributed by atoms with Gasteiger partial charge >= 0.3 is 0 Å². The lowest BCUT2D eigenvalue weighted by Gasteiger charge is -2.62. The Morgan fingerprint density at radius 2 is 1.60 bits per heavy atom. The minimum Gasteiger partial charge on any atom is -0.394 e. The number of aliphatic hydroxyl groups is 5. The van der Waals surface area contributed by atoms with E-state index in [9.17, 15) is 25.5 Å². The number of aliphatic hydroxyl groups excluding tert-OH is 5. The van der Waals surface area contributed by atoms with Gasteiger partial charge in [-0.3, -0.25) is 0 Å². The Bertz CT molecular complexity index is 1020. The second kappa shape index (κ2) is 11.8. The van der Waals surface area contributed by atoms with Gasteiger partial charge < -0.3 is 49.2 Å². The standard InChI is InChI=1S/C32H52O10/c1-8-31(5)14-17-9-10-20-30(3,4)21(41-29-25(36)23(34)19(15-33)40-29)11-12-32(20,6)18(17)13-22(31)42-28-26(37)24(35)27(38-7)16(2)39-28/h8,14,16,18-29,33-37H,1,9-13,15H2,2-7H3/t16-,18?,19+,20?,21?,22?,23+,24-,25-,26-,27-,28+,29+,31?,32?/m1/s1. The van der Waals surface area contributed by atoms with Gasteiger partial charge in [0.25, 0.3) is 0 Å². The van der Waals surface area contributed by atoms with Crippen LogP contribution in [0.1, 0.15) is 66.7 Å². The van der Waals surface area contributed by atoms with Crippen molar-refractivity contribution >= 4 is 0 Å². The summed E-state index contributed by atoms with van der Waals surface area (Å²) in [4.78, 5) is 0. The van der Waals surface area contributed by atoms with E-state index >= 15 is 0 Å². The Morgan fingerprint density at radius 1 is 0.952 bits per heavy atom. The molecule has 0 aromatic heterocycles. The maximum absolute atomic E-state index is 10.9. The Kier molecular flexibility index (Phi) is 9.11. The second-order valence-corrected chi connectivity index (χ2v) is 14.4. The molecule has 15 atom stereocenters. The molecule has 5 N–H and O–H groups in total. The number of allylic oxidation sites excluding steroid dienone is 1. The zero-order valence-electron chi connectivity index (χ0n) is 25.9. The SMILES string of the molecule is C=CC1(C)C=C2CCC3C(C)(C)C(O[C@@H]4O[C@@H](CO)[C@H](O)[C@H]4O)CCC3(C)C2CC1O[C@@H]1O[C@H](C)[C@@H](OC)[C@H](O)[C@H]1O. The Hall–Kier alpha value is -0.920. The zero-order chi connectivity index (χ0) is 30.8. The van der Waals surface area contributed by atoms with Crippen LogP contribution in [-0.4, -0.2) is 107 Å². The largest absolute Gasteiger partial charge is 0.394 e. The average molecular weight is 597 g/mol. The van der Waals surface area contributed by atoms with Gasteiger partial charge in [0, 0.05) is 12.5 Å². The van der Waals surface area contributed by atoms with Gasteiger partial charge in [0.1, 0.15) is 36.6 Å². The summed E-state index contributed by atoms with van der Waals surface area (Å²) in [6.07, 6.45) is -0.689. The molecule has 5 rings (SSSR count). The van der Waals surface area contributed by atoms with Gasteiger partial charge in [0.2, 0.25) is 0 Å². The van der Waals surface area contributed by atoms with Crippen molar-refractivity contribution in [3.63, 3.8) is 0 Å². The van der Waals surface area contributed by atoms with E-state index in [1.165, 1.54) is 12.7 Å². The van der Waals surface area contributed by atoms with Crippen LogP contribution in [0.2, 0.25) is 0 Å². The van der Waals surface area contributed by atoms with Gasteiger partial charge in [0.05, 0.1) is 24.9 Å². The summed E-state index contributed by atoms with van der Waals surface area (Å²) in [7, 11) is 1.49. The van der Waals surface area contributed by atoms with Crippen molar-refractivity contribution in [3.8, 4) is 0 Å². The first kappa shape index (κ1) is 32.5. The molecule has 2 aliphatic heterocycles. The summed E-state index contributed by atoms with van der Waals surface area (Å²) in [5, 5.41) is 51.8. The highest BCUT2D eigenvalue weighted by Gasteiger charge is 2.60. The van der Waals surface area contributed by atoms with Gasteiger partial charge in [-0.05, 0) is 61.7 Å². The zero-order valence-corrected chi connectivity index (χ0v) is 25.9. The van der Waals surface area contributed by atoms with Crippen LogP contribution in [0.5, 0.6) is 0 Å².